The van der Waals surface area contributed by atoms with E-state index >= 15 is 0 Å². The molecule has 0 aromatic carbocycles. The van der Waals surface area contributed by atoms with E-state index in [4.69, 9.17) is 0 Å². The van der Waals surface area contributed by atoms with Crippen molar-refractivity contribution in [1.29, 1.82) is 0 Å². The average Bonchev–Trinajstić information content (AvgIpc) is 2.64. The minimum Gasteiger partial charge on any atom is -0.299 e. The van der Waals surface area contributed by atoms with Crippen molar-refractivity contribution >= 4 is 0 Å². The summed E-state index contributed by atoms with van der Waals surface area (Å²) in [6.45, 7) is 8.43. The van der Waals surface area contributed by atoms with Gasteiger partial charge in [-0.3, -0.25) is 14.6 Å². The molecule has 0 radical (unpaired) electrons. The van der Waals surface area contributed by atoms with Gasteiger partial charge in [-0.2, -0.15) is 5.10 Å². The first kappa shape index (κ1) is 18.3. The molecule has 0 N–H and O–H groups in total. The van der Waals surface area contributed by atoms with E-state index in [9.17, 15) is 4.79 Å². The van der Waals surface area contributed by atoms with Gasteiger partial charge in [0.2, 0.25) is 0 Å². The number of aromatic nitrogens is 4. The monoisotopic (exact) mass is 368 g/mol. The second kappa shape index (κ2) is 8.27. The largest absolute Gasteiger partial charge is 0.299 e. The molecule has 1 saturated carbocycles. The van der Waals surface area contributed by atoms with E-state index in [0.29, 0.717) is 12.5 Å². The summed E-state index contributed by atoms with van der Waals surface area (Å²) in [6, 6.07) is 3.36. The van der Waals surface area contributed by atoms with Crippen molar-refractivity contribution in [2.24, 2.45) is 0 Å². The Balaban J connectivity index is 1.23. The van der Waals surface area contributed by atoms with Crippen molar-refractivity contribution < 1.29 is 0 Å². The lowest BCUT2D eigenvalue weighted by Gasteiger charge is -2.34. The van der Waals surface area contributed by atoms with Crippen LogP contribution in [0.4, 0.5) is 0 Å². The van der Waals surface area contributed by atoms with Gasteiger partial charge in [0.05, 0.1) is 12.2 Å². The van der Waals surface area contributed by atoms with Crippen molar-refractivity contribution in [1.82, 2.24) is 29.5 Å². The SMILES string of the molecule is Cc1ccc(=O)n(CCN2CCN(Cc3cnc(C4CCC4)nc3)CC2)n1. The van der Waals surface area contributed by atoms with E-state index in [0.717, 1.165) is 50.8 Å². The molecule has 2 fully saturated rings. The summed E-state index contributed by atoms with van der Waals surface area (Å²) in [5, 5.41) is 4.31. The van der Waals surface area contributed by atoms with Gasteiger partial charge in [0, 0.05) is 69.2 Å². The molecule has 0 atom stereocenters. The highest BCUT2D eigenvalue weighted by atomic mass is 16.1. The van der Waals surface area contributed by atoms with Gasteiger partial charge in [-0.1, -0.05) is 6.42 Å². The maximum atomic E-state index is 11.9. The van der Waals surface area contributed by atoms with Gasteiger partial charge >= 0.3 is 0 Å². The predicted octanol–water partition coefficient (Wildman–Crippen LogP) is 1.43. The molecule has 4 rings (SSSR count). The van der Waals surface area contributed by atoms with Gasteiger partial charge in [-0.05, 0) is 25.8 Å². The summed E-state index contributed by atoms with van der Waals surface area (Å²) in [5.74, 6) is 1.62. The number of nitrogens with zero attached hydrogens (tertiary/aromatic N) is 6. The van der Waals surface area contributed by atoms with E-state index in [1.54, 1.807) is 16.8 Å². The molecule has 2 aromatic rings. The standard InChI is InChI=1S/C20H28N6O/c1-16-5-6-19(27)26(23-16)12-11-24-7-9-25(10-8-24)15-17-13-21-20(22-14-17)18-3-2-4-18/h5-6,13-14,18H,2-4,7-12,15H2,1H3. The summed E-state index contributed by atoms with van der Waals surface area (Å²) in [4.78, 5) is 25.9. The zero-order valence-corrected chi connectivity index (χ0v) is 16.0. The Morgan fingerprint density at radius 3 is 2.37 bits per heavy atom. The zero-order chi connectivity index (χ0) is 18.6. The van der Waals surface area contributed by atoms with Gasteiger partial charge in [-0.15, -0.1) is 0 Å². The van der Waals surface area contributed by atoms with E-state index in [1.165, 1.54) is 24.8 Å². The van der Waals surface area contributed by atoms with Crippen molar-refractivity contribution in [3.05, 3.63) is 52.0 Å². The molecule has 3 heterocycles. The Kier molecular flexibility index (Phi) is 5.59. The third-order valence-corrected chi connectivity index (χ3v) is 5.69. The molecule has 2 aromatic heterocycles. The fourth-order valence-corrected chi connectivity index (χ4v) is 3.70. The Morgan fingerprint density at radius 2 is 1.70 bits per heavy atom. The third kappa shape index (κ3) is 4.59. The lowest BCUT2D eigenvalue weighted by Crippen LogP contribution is -2.47. The molecule has 0 bridgehead atoms. The number of hydrogen-bond acceptors (Lipinski definition) is 6. The smallest absolute Gasteiger partial charge is 0.266 e. The van der Waals surface area contributed by atoms with Crippen LogP contribution in [0.15, 0.2) is 29.3 Å². The highest BCUT2D eigenvalue weighted by Gasteiger charge is 2.22. The minimum atomic E-state index is -0.0235. The number of rotatable bonds is 6. The highest BCUT2D eigenvalue weighted by molar-refractivity contribution is 5.09. The van der Waals surface area contributed by atoms with Gasteiger partial charge in [0.25, 0.3) is 5.56 Å². The van der Waals surface area contributed by atoms with Crippen LogP contribution in [0.2, 0.25) is 0 Å². The van der Waals surface area contributed by atoms with Gasteiger partial charge in [-0.25, -0.2) is 14.6 Å². The minimum absolute atomic E-state index is 0.0235. The topological polar surface area (TPSA) is 67.2 Å². The molecule has 0 spiro atoms. The quantitative estimate of drug-likeness (QED) is 0.768. The van der Waals surface area contributed by atoms with Crippen LogP contribution in [0, 0.1) is 6.92 Å². The van der Waals surface area contributed by atoms with E-state index < -0.39 is 0 Å². The Labute approximate surface area is 160 Å². The molecule has 7 nitrogen and oxygen atoms in total. The number of aryl methyl sites for hydroxylation is 1. The molecule has 2 aliphatic rings. The summed E-state index contributed by atoms with van der Waals surface area (Å²) >= 11 is 0. The Hall–Kier alpha value is -2.12. The molecule has 1 aliphatic carbocycles. The molecule has 0 unspecified atom stereocenters. The molecule has 1 aliphatic heterocycles. The van der Waals surface area contributed by atoms with Crippen LogP contribution in [0.5, 0.6) is 0 Å². The summed E-state index contributed by atoms with van der Waals surface area (Å²) < 4.78 is 1.57. The molecule has 1 saturated heterocycles. The number of hydrogen-bond donors (Lipinski definition) is 0. The predicted molar refractivity (Wildman–Crippen MR) is 104 cm³/mol. The average molecular weight is 368 g/mol. The summed E-state index contributed by atoms with van der Waals surface area (Å²) in [5.41, 5.74) is 2.05. The molecule has 7 heteroatoms. The lowest BCUT2D eigenvalue weighted by molar-refractivity contribution is 0.122. The second-order valence-electron chi connectivity index (χ2n) is 7.73. The van der Waals surface area contributed by atoms with Crippen LogP contribution in [0.3, 0.4) is 0 Å². The van der Waals surface area contributed by atoms with E-state index in [1.807, 2.05) is 19.3 Å². The highest BCUT2D eigenvalue weighted by Crippen LogP contribution is 2.33. The van der Waals surface area contributed by atoms with Gasteiger partial charge in [0.15, 0.2) is 0 Å². The van der Waals surface area contributed by atoms with E-state index in [-0.39, 0.29) is 5.56 Å². The van der Waals surface area contributed by atoms with Gasteiger partial charge in [0.1, 0.15) is 5.82 Å². The third-order valence-electron chi connectivity index (χ3n) is 5.69. The zero-order valence-electron chi connectivity index (χ0n) is 16.0. The van der Waals surface area contributed by atoms with E-state index in [2.05, 4.69) is 24.9 Å². The van der Waals surface area contributed by atoms with Crippen LogP contribution < -0.4 is 5.56 Å². The first-order valence-electron chi connectivity index (χ1n) is 9.98. The fraction of sp³-hybridized carbons (Fsp3) is 0.600. The van der Waals surface area contributed by atoms with Crippen molar-refractivity contribution in [3.63, 3.8) is 0 Å². The summed E-state index contributed by atoms with van der Waals surface area (Å²) in [6.07, 6.45) is 7.80. The van der Waals surface area contributed by atoms with Gasteiger partial charge < -0.3 is 0 Å². The van der Waals surface area contributed by atoms with Crippen LogP contribution in [-0.2, 0) is 13.1 Å². The molecular formula is C20H28N6O. The first-order valence-corrected chi connectivity index (χ1v) is 9.98. The van der Waals surface area contributed by atoms with Crippen LogP contribution in [-0.4, -0.2) is 62.3 Å². The Morgan fingerprint density at radius 1 is 1.00 bits per heavy atom. The van der Waals surface area contributed by atoms with Crippen molar-refractivity contribution in [2.45, 2.75) is 45.2 Å². The maximum absolute atomic E-state index is 11.9. The van der Waals surface area contributed by atoms with Crippen LogP contribution in [0.1, 0.15) is 42.3 Å². The van der Waals surface area contributed by atoms with Crippen molar-refractivity contribution in [2.75, 3.05) is 32.7 Å². The maximum Gasteiger partial charge on any atom is 0.266 e. The lowest BCUT2D eigenvalue weighted by atomic mass is 9.85. The molecular weight excluding hydrogens is 340 g/mol. The normalized spacial score (nSPS) is 19.1. The Bertz CT molecular complexity index is 806. The van der Waals surface area contributed by atoms with Crippen LogP contribution in [0.25, 0.3) is 0 Å². The summed E-state index contributed by atoms with van der Waals surface area (Å²) in [7, 11) is 0. The molecule has 144 valence electrons. The molecule has 27 heavy (non-hydrogen) atoms. The molecule has 0 amide bonds. The second-order valence-corrected chi connectivity index (χ2v) is 7.73. The van der Waals surface area contributed by atoms with Crippen LogP contribution >= 0.6 is 0 Å². The first-order chi connectivity index (χ1) is 13.2. The number of piperazine rings is 1. The van der Waals surface area contributed by atoms with Crippen molar-refractivity contribution in [3.8, 4) is 0 Å². The fourth-order valence-electron chi connectivity index (χ4n) is 3.70.